The first kappa shape index (κ1) is 103. The molecule has 3 fully saturated rings. The second-order valence-corrected chi connectivity index (χ2v) is 40.9. The summed E-state index contributed by atoms with van der Waals surface area (Å²) in [5, 5.41) is 39.6. The number of carbonyl (C=O) groups excluding carboxylic acids is 12. The van der Waals surface area contributed by atoms with E-state index in [1.165, 1.54) is 54.2 Å². The number of nitrogens with one attached hydrogen (secondary N) is 6. The Labute approximate surface area is 800 Å². The monoisotopic (exact) mass is 1890 g/mol. The molecule has 0 unspecified atom stereocenters. The number of rotatable bonds is 18. The Morgan fingerprint density at radius 1 is 0.540 bits per heavy atom. The first-order valence-corrected chi connectivity index (χ1v) is 47.1. The third kappa shape index (κ3) is 26.9. The molecule has 2 aromatic heterocycles. The van der Waals surface area contributed by atoms with E-state index in [0.717, 1.165) is 37.8 Å². The van der Waals surface area contributed by atoms with Crippen molar-refractivity contribution in [3.8, 4) is 11.5 Å². The molecule has 137 heavy (non-hydrogen) atoms. The molecule has 6 aromatic carbocycles. The number of ketones is 1. The van der Waals surface area contributed by atoms with Crippen LogP contribution >= 0.6 is 0 Å². The number of likely N-dealkylation sites (tertiary alicyclic amines) is 2. The summed E-state index contributed by atoms with van der Waals surface area (Å²) in [7, 11) is 4.01. The summed E-state index contributed by atoms with van der Waals surface area (Å²) in [6, 6.07) is 26.3. The van der Waals surface area contributed by atoms with Crippen molar-refractivity contribution >= 4 is 92.7 Å². The van der Waals surface area contributed by atoms with Gasteiger partial charge in [0.25, 0.3) is 0 Å². The quantitative estimate of drug-likeness (QED) is 0.0343. The summed E-state index contributed by atoms with van der Waals surface area (Å²) >= 11 is 0. The molecule has 6 N–H and O–H groups in total. The average molecular weight is 1890 g/mol. The van der Waals surface area contributed by atoms with Crippen LogP contribution < -0.4 is 41.4 Å². The fraction of sp³-hybridized carbons (Fsp3) is 0.529. The molecule has 35 nitrogen and oxygen atoms in total. The number of likely N-dealkylation sites (N-methyl/N-ethyl adjacent to an activating group) is 2. The number of nitrogens with zero attached hydrogens (tertiary/aromatic N) is 10. The zero-order valence-electron chi connectivity index (χ0n) is 82.3. The highest BCUT2D eigenvalue weighted by molar-refractivity contribution is 6.00. The number of esters is 1. The van der Waals surface area contributed by atoms with Gasteiger partial charge in [0.15, 0.2) is 11.6 Å². The van der Waals surface area contributed by atoms with Crippen molar-refractivity contribution in [1.82, 2.24) is 81.5 Å². The van der Waals surface area contributed by atoms with Gasteiger partial charge in [-0.1, -0.05) is 168 Å². The van der Waals surface area contributed by atoms with E-state index in [1.807, 2.05) is 106 Å². The molecule has 0 spiro atoms. The number of carbonyl (C=O) groups is 12. The van der Waals surface area contributed by atoms with E-state index in [1.54, 1.807) is 144 Å². The van der Waals surface area contributed by atoms with Crippen LogP contribution in [0.5, 0.6) is 11.5 Å². The highest BCUT2D eigenvalue weighted by atomic mass is 16.7. The Kier molecular flexibility index (Phi) is 32.8. The lowest BCUT2D eigenvalue weighted by atomic mass is 9.85. The smallest absolute Gasteiger partial charge is 0.410 e. The van der Waals surface area contributed by atoms with E-state index in [9.17, 15) is 24.0 Å². The van der Waals surface area contributed by atoms with Crippen molar-refractivity contribution in [2.75, 3.05) is 40.8 Å². The maximum Gasteiger partial charge on any atom is 0.410 e. The van der Waals surface area contributed by atoms with Crippen LogP contribution in [-0.4, -0.2) is 245 Å². The zero-order chi connectivity index (χ0) is 99.5. The molecule has 3 saturated heterocycles. The largest absolute Gasteiger partial charge is 0.487 e. The van der Waals surface area contributed by atoms with E-state index < -0.39 is 178 Å². The Bertz CT molecular complexity index is 5670. The Balaban J connectivity index is 0.917. The van der Waals surface area contributed by atoms with Crippen LogP contribution in [0.1, 0.15) is 202 Å². The molecule has 0 radical (unpaired) electrons. The van der Waals surface area contributed by atoms with E-state index in [4.69, 9.17) is 33.2 Å². The predicted molar refractivity (Wildman–Crippen MR) is 510 cm³/mol. The fourth-order valence-corrected chi connectivity index (χ4v) is 17.7. The first-order chi connectivity index (χ1) is 64.6. The lowest BCUT2D eigenvalue weighted by Crippen LogP contribution is -2.62. The molecule has 14 atom stereocenters. The SMILES string of the molecule is CC[C@H]1C[C@@H](CCNC(=O)[C@H]2CC(=O)[C@H](Cc3ccc4ccccc4c3)NC(=O)[C@@H]3[C@@H](CCN3C(=O)[C@@H](NC(=O)[C@H](C)N(C)C(=O)OC(C)(C)C)C(C)(C)C)n3cc(nn3)COc3ccc(cc3)C[C@@H](C(=O)OC)NC(=O)[C@H](Cc3ccc4ccccc4c3)NC(=O)[C@@H]3[C@@H](CCN3C(=O)[C@@H](NC(=O)[C@H](C)N(C)C(=O)OC(C)(C)C)C(C)(C)C)n3cc(nn3)COc3ccc(cc3)C2)OC(C)(C)O1. The molecule has 0 saturated carbocycles. The zero-order valence-corrected chi connectivity index (χ0v) is 82.3. The number of methoxy groups -OCH3 is 1. The number of hydrogen-bond acceptors (Lipinski definition) is 23. The molecule has 8 bridgehead atoms. The molecular weight excluding hydrogens is 1750 g/mol. The van der Waals surface area contributed by atoms with Gasteiger partial charge in [-0.2, -0.15) is 0 Å². The van der Waals surface area contributed by atoms with Gasteiger partial charge in [0, 0.05) is 65.3 Å². The molecule has 0 aliphatic carbocycles. The number of amides is 10. The van der Waals surface area contributed by atoms with Crippen LogP contribution in [-0.2, 0) is 111 Å². The predicted octanol–water partition coefficient (Wildman–Crippen LogP) is 10.5. The normalized spacial score (nSPS) is 22.0. The Morgan fingerprint density at radius 2 is 0.971 bits per heavy atom. The molecule has 10 amide bonds. The lowest BCUT2D eigenvalue weighted by Gasteiger charge is -2.40. The van der Waals surface area contributed by atoms with Crippen LogP contribution in [0.2, 0.25) is 0 Å². The average Bonchev–Trinajstić information content (AvgIpc) is 1.63. The number of ether oxygens (including phenoxy) is 7. The van der Waals surface area contributed by atoms with Gasteiger partial charge in [-0.25, -0.2) is 23.7 Å². The summed E-state index contributed by atoms with van der Waals surface area (Å²) in [6.45, 7) is 29.2. The standard InChI is InChI=1S/C102H134N16O19/c1-21-73-55-76(135-102(16,17)134-73)42-45-103-89(122)70-48-62-32-38-74(39-33-62)132-58-72-57-118(112-110-72)81-44-47-116(94(127)86(99(7,8)9)108-88(121)61(3)114(19)97(130)137-101(13,14)15)84(81)92(125)105-78(53-65-31-37-67-27-23-25-29-69(67)50-65)90(123)106-79(95(128)131-20)51-63-34-40-75(41-35-63)133-59-71-56-117(111-109-71)80-43-46-115(93(126)85(98(4,5)6)107-87(120)60(2)113(18)96(129)136-100(10,11)12)83(80)91(124)104-77(82(119)54-70)52-64-30-36-66-26-22-24-28-68(66)49-64/h22-41,49-50,56-57,60-61,70,73,76-81,83-86H,21,42-48,51-55,58-59H2,1-20H3,(H,103,122)(H,104,124)(H,105,125)(H,106,123)(H,107,120)(H,108,121)/t60-,61-,70+,73-,76+,77-,78-,79-,80+,81+,83-,84-,85+,86+/m0/s1. The number of benzene rings is 6. The van der Waals surface area contributed by atoms with E-state index in [0.29, 0.717) is 52.3 Å². The van der Waals surface area contributed by atoms with Gasteiger partial charge in [-0.3, -0.25) is 53.0 Å². The van der Waals surface area contributed by atoms with Gasteiger partial charge in [0.1, 0.15) is 95.6 Å². The minimum absolute atomic E-state index is 0.0101. The highest BCUT2D eigenvalue weighted by Crippen LogP contribution is 2.38. The maximum absolute atomic E-state index is 16.2. The van der Waals surface area contributed by atoms with Crippen molar-refractivity contribution in [3.63, 3.8) is 0 Å². The highest BCUT2D eigenvalue weighted by Gasteiger charge is 2.52. The summed E-state index contributed by atoms with van der Waals surface area (Å²) < 4.78 is 44.8. The summed E-state index contributed by atoms with van der Waals surface area (Å²) in [4.78, 5) is 185. The molecule has 9 heterocycles. The first-order valence-electron chi connectivity index (χ1n) is 47.1. The van der Waals surface area contributed by atoms with Gasteiger partial charge in [-0.15, -0.1) is 10.2 Å². The third-order valence-corrected chi connectivity index (χ3v) is 25.4. The summed E-state index contributed by atoms with van der Waals surface area (Å²) in [6.07, 6.45) is 2.53. The van der Waals surface area contributed by atoms with Crippen LogP contribution in [0.25, 0.3) is 21.5 Å². The number of aromatic nitrogens is 6. The lowest BCUT2D eigenvalue weighted by molar-refractivity contribution is -0.300. The molecule has 8 aromatic rings. The van der Waals surface area contributed by atoms with Crippen LogP contribution in [0.3, 0.4) is 0 Å². The Hall–Kier alpha value is -12.9. The van der Waals surface area contributed by atoms with E-state index >= 15 is 33.6 Å². The van der Waals surface area contributed by atoms with Crippen molar-refractivity contribution in [3.05, 3.63) is 179 Å². The molecule has 35 heteroatoms. The van der Waals surface area contributed by atoms with Gasteiger partial charge in [-0.05, 0) is 187 Å². The number of hydrogen-bond donors (Lipinski definition) is 6. The van der Waals surface area contributed by atoms with Crippen LogP contribution in [0, 0.1) is 16.7 Å². The van der Waals surface area contributed by atoms with Crippen molar-refractivity contribution in [2.24, 2.45) is 16.7 Å². The molecule has 736 valence electrons. The topological polar surface area (TPSA) is 416 Å². The maximum atomic E-state index is 16.2. The van der Waals surface area contributed by atoms with Crippen molar-refractivity contribution in [2.45, 2.75) is 291 Å². The van der Waals surface area contributed by atoms with Crippen molar-refractivity contribution < 1.29 is 90.7 Å². The second kappa shape index (κ2) is 43.6. The summed E-state index contributed by atoms with van der Waals surface area (Å²) in [5.74, 6) is -8.07. The molecule has 15 rings (SSSR count). The van der Waals surface area contributed by atoms with Gasteiger partial charge in [0.2, 0.25) is 47.3 Å². The van der Waals surface area contributed by atoms with Gasteiger partial charge in [0.05, 0.1) is 49.8 Å². The second-order valence-electron chi connectivity index (χ2n) is 40.9. The fourth-order valence-electron chi connectivity index (χ4n) is 17.7. The van der Waals surface area contributed by atoms with Crippen LogP contribution in [0.15, 0.2) is 146 Å². The van der Waals surface area contributed by atoms with E-state index in [2.05, 4.69) is 52.5 Å². The minimum Gasteiger partial charge on any atom is -0.487 e. The molecule has 7 aliphatic heterocycles. The molecular formula is C102H134N16O19. The Morgan fingerprint density at radius 3 is 1.41 bits per heavy atom. The third-order valence-electron chi connectivity index (χ3n) is 25.4. The number of Topliss-reactive ketones (excluding diaryl/α,β-unsaturated/α-hetero) is 1. The van der Waals surface area contributed by atoms with Gasteiger partial charge >= 0.3 is 18.2 Å². The molecule has 7 aliphatic rings. The van der Waals surface area contributed by atoms with Crippen molar-refractivity contribution in [1.29, 1.82) is 0 Å². The van der Waals surface area contributed by atoms with E-state index in [-0.39, 0.29) is 89.3 Å². The minimum atomic E-state index is -1.46. The number of fused-ring (bicyclic) bond motifs is 2. The van der Waals surface area contributed by atoms with Gasteiger partial charge < -0.3 is 74.9 Å². The summed E-state index contributed by atoms with van der Waals surface area (Å²) in [5.41, 5.74) is -0.818. The van der Waals surface area contributed by atoms with Crippen LogP contribution in [0.4, 0.5) is 9.59 Å².